The van der Waals surface area contributed by atoms with Crippen molar-refractivity contribution in [2.75, 3.05) is 44.2 Å². The lowest BCUT2D eigenvalue weighted by molar-refractivity contribution is -0.128. The summed E-state index contributed by atoms with van der Waals surface area (Å²) in [6.45, 7) is 2.99. The third kappa shape index (κ3) is 6.50. The number of hydrogen-bond acceptors (Lipinski definition) is 11. The maximum Gasteiger partial charge on any atom is 0.319 e. The molecule has 12 nitrogen and oxygen atoms in total. The van der Waals surface area contributed by atoms with Crippen LogP contribution in [0, 0.1) is 17.1 Å². The summed E-state index contributed by atoms with van der Waals surface area (Å²) in [6.07, 6.45) is 5.05. The number of benzene rings is 2. The maximum atomic E-state index is 16.9. The van der Waals surface area contributed by atoms with Gasteiger partial charge in [-0.25, -0.2) is 13.2 Å². The highest BCUT2D eigenvalue weighted by Gasteiger charge is 2.45. The topological polar surface area (TPSA) is 137 Å². The van der Waals surface area contributed by atoms with Crippen molar-refractivity contribution in [1.82, 2.24) is 34.9 Å². The van der Waals surface area contributed by atoms with Crippen molar-refractivity contribution in [1.29, 1.82) is 5.26 Å². The van der Waals surface area contributed by atoms with Gasteiger partial charge in [-0.15, -0.1) is 0 Å². The number of rotatable bonds is 9. The number of alkyl halides is 2. The lowest BCUT2D eigenvalue weighted by Crippen LogP contribution is -2.55. The molecule has 0 saturated carbocycles. The number of fused-ring (bicyclic) bond motifs is 3. The van der Waals surface area contributed by atoms with Crippen LogP contribution in [0.1, 0.15) is 50.2 Å². The Kier molecular flexibility index (Phi) is 9.34. The van der Waals surface area contributed by atoms with Crippen LogP contribution in [0.4, 0.5) is 19.0 Å². The molecule has 0 unspecified atom stereocenters. The van der Waals surface area contributed by atoms with Gasteiger partial charge in [0, 0.05) is 54.0 Å². The van der Waals surface area contributed by atoms with E-state index in [1.165, 1.54) is 11.1 Å². The Labute approximate surface area is 306 Å². The van der Waals surface area contributed by atoms with Crippen molar-refractivity contribution in [3.05, 3.63) is 71.2 Å². The van der Waals surface area contributed by atoms with Gasteiger partial charge in [0.2, 0.25) is 11.7 Å². The highest BCUT2D eigenvalue weighted by Crippen LogP contribution is 2.40. The summed E-state index contributed by atoms with van der Waals surface area (Å²) < 4.78 is 53.8. The normalized spacial score (nSPS) is 18.8. The summed E-state index contributed by atoms with van der Waals surface area (Å²) >= 11 is 6.62. The number of halogens is 4. The summed E-state index contributed by atoms with van der Waals surface area (Å²) in [6, 6.07) is 12.5. The first-order valence-electron chi connectivity index (χ1n) is 17.4. The number of carbonyl (C=O) groups excluding carboxylic acids is 1. The monoisotopic (exact) mass is 743 g/mol. The van der Waals surface area contributed by atoms with Crippen molar-refractivity contribution in [2.45, 2.75) is 50.1 Å². The van der Waals surface area contributed by atoms with E-state index in [2.05, 4.69) is 31.1 Å². The van der Waals surface area contributed by atoms with Gasteiger partial charge in [-0.3, -0.25) is 14.7 Å². The average Bonchev–Trinajstić information content (AvgIpc) is 3.90. The van der Waals surface area contributed by atoms with E-state index in [0.29, 0.717) is 33.8 Å². The minimum Gasteiger partial charge on any atom is -0.461 e. The fraction of sp³-hybridized carbons (Fsp3) is 0.378. The highest BCUT2D eigenvalue weighted by atomic mass is 35.5. The van der Waals surface area contributed by atoms with Crippen LogP contribution in [0.25, 0.3) is 39.0 Å². The number of hydrogen-bond donors (Lipinski definition) is 0. The number of carbonyl (C=O) groups is 1. The van der Waals surface area contributed by atoms with Gasteiger partial charge in [-0.1, -0.05) is 47.1 Å². The minimum absolute atomic E-state index is 0.0184. The molecule has 3 fully saturated rings. The molecule has 272 valence electrons. The summed E-state index contributed by atoms with van der Waals surface area (Å²) in [5.41, 5.74) is 0.503. The predicted octanol–water partition coefficient (Wildman–Crippen LogP) is 6.61. The molecule has 0 spiro atoms. The number of piperazine rings is 1. The molecule has 3 aliphatic rings. The second kappa shape index (κ2) is 14.2. The molecule has 6 heterocycles. The summed E-state index contributed by atoms with van der Waals surface area (Å²) in [5.74, 6) is -1.80. The number of pyridine rings is 1. The summed E-state index contributed by atoms with van der Waals surface area (Å²) in [5, 5.41) is 15.2. The van der Waals surface area contributed by atoms with E-state index in [4.69, 9.17) is 25.8 Å². The van der Waals surface area contributed by atoms with E-state index in [1.807, 2.05) is 29.2 Å². The fourth-order valence-electron chi connectivity index (χ4n) is 7.93. The number of amides is 1. The molecule has 0 bridgehead atoms. The van der Waals surface area contributed by atoms with E-state index in [-0.39, 0.29) is 54.7 Å². The van der Waals surface area contributed by atoms with Crippen molar-refractivity contribution in [3.8, 4) is 23.3 Å². The number of nitriles is 1. The molecule has 0 aliphatic carbocycles. The van der Waals surface area contributed by atoms with Crippen LogP contribution in [0.5, 0.6) is 6.01 Å². The number of aromatic nitrogens is 5. The molecule has 8 rings (SSSR count). The van der Waals surface area contributed by atoms with Gasteiger partial charge in [0.15, 0.2) is 5.82 Å². The van der Waals surface area contributed by atoms with Gasteiger partial charge in [-0.05, 0) is 50.2 Å². The molecule has 53 heavy (non-hydrogen) atoms. The van der Waals surface area contributed by atoms with Crippen LogP contribution in [0.15, 0.2) is 53.2 Å². The fourth-order valence-corrected chi connectivity index (χ4v) is 8.21. The zero-order chi connectivity index (χ0) is 36.7. The van der Waals surface area contributed by atoms with Crippen molar-refractivity contribution in [3.63, 3.8) is 0 Å². The quantitative estimate of drug-likeness (QED) is 0.151. The maximum absolute atomic E-state index is 16.9. The van der Waals surface area contributed by atoms with Crippen LogP contribution in [-0.4, -0.2) is 91.7 Å². The zero-order valence-electron chi connectivity index (χ0n) is 28.4. The third-order valence-electron chi connectivity index (χ3n) is 10.4. The SMILES string of the molecule is N#CC[C@H]1CN(c2nc(OCC34CCCN3CCC4)nc3c(F)c(-c4cccc5cccc(Cl)c45)ncc23)CCN1C(=O)/C=C/c1nc(C(F)F)no1. The van der Waals surface area contributed by atoms with E-state index < -0.39 is 30.0 Å². The van der Waals surface area contributed by atoms with Crippen molar-refractivity contribution < 1.29 is 27.2 Å². The minimum atomic E-state index is -2.92. The van der Waals surface area contributed by atoms with Crippen LogP contribution in [-0.2, 0) is 4.79 Å². The standard InChI is InChI=1S/C37H33ClF3N9O3/c38-26-8-2-6-22-5-1-7-24(29(22)26)31-30(39)32-25(19-43-31)35(46-36(45-32)52-21-37-12-3-15-49(37)16-4-13-37)48-17-18-50(23(20-48)11-14-42)28(51)10-9-27-44-34(33(40)41)47-53-27/h1-2,5-10,19,23,33H,3-4,11-13,15-18,20-21H2/b10-9+/t23-/m0/s1. The Morgan fingerprint density at radius 3 is 2.66 bits per heavy atom. The first-order valence-corrected chi connectivity index (χ1v) is 17.8. The van der Waals surface area contributed by atoms with Crippen molar-refractivity contribution in [2.24, 2.45) is 0 Å². The Balaban J connectivity index is 1.15. The number of nitrogens with zero attached hydrogens (tertiary/aromatic N) is 9. The van der Waals surface area contributed by atoms with Gasteiger partial charge in [0.05, 0.1) is 29.5 Å². The molecule has 16 heteroatoms. The Morgan fingerprint density at radius 2 is 1.91 bits per heavy atom. The molecule has 3 aromatic heterocycles. The molecular formula is C37H33ClF3N9O3. The van der Waals surface area contributed by atoms with E-state index >= 15 is 4.39 Å². The first kappa shape index (κ1) is 34.7. The third-order valence-corrected chi connectivity index (χ3v) is 10.8. The smallest absolute Gasteiger partial charge is 0.319 e. The van der Waals surface area contributed by atoms with Crippen LogP contribution in [0.2, 0.25) is 5.02 Å². The molecule has 2 aromatic carbocycles. The molecule has 1 amide bonds. The molecule has 0 N–H and O–H groups in total. The molecule has 3 saturated heterocycles. The van der Waals surface area contributed by atoms with Gasteiger partial charge < -0.3 is 19.1 Å². The van der Waals surface area contributed by atoms with Gasteiger partial charge in [0.25, 0.3) is 5.89 Å². The van der Waals surface area contributed by atoms with Gasteiger partial charge in [0.1, 0.15) is 23.6 Å². The zero-order valence-corrected chi connectivity index (χ0v) is 29.1. The summed E-state index contributed by atoms with van der Waals surface area (Å²) in [7, 11) is 0. The molecular weight excluding hydrogens is 711 g/mol. The Hall–Kier alpha value is -5.33. The largest absolute Gasteiger partial charge is 0.461 e. The predicted molar refractivity (Wildman–Crippen MR) is 190 cm³/mol. The van der Waals surface area contributed by atoms with Crippen molar-refractivity contribution >= 4 is 51.1 Å². The lowest BCUT2D eigenvalue weighted by Gasteiger charge is -2.41. The van der Waals surface area contributed by atoms with E-state index in [0.717, 1.165) is 56.3 Å². The molecule has 1 atom stereocenters. The Bertz CT molecular complexity index is 2260. The molecule has 0 radical (unpaired) electrons. The lowest BCUT2D eigenvalue weighted by atomic mass is 9.95. The first-order chi connectivity index (χ1) is 25.7. The number of ether oxygens (including phenoxy) is 1. The Morgan fingerprint density at radius 1 is 1.11 bits per heavy atom. The van der Waals surface area contributed by atoms with Gasteiger partial charge >= 0.3 is 12.4 Å². The molecule has 5 aromatic rings. The number of anilines is 1. The van der Waals surface area contributed by atoms with Gasteiger partial charge in [-0.2, -0.15) is 20.2 Å². The van der Waals surface area contributed by atoms with Crippen LogP contribution >= 0.6 is 11.6 Å². The second-order valence-electron chi connectivity index (χ2n) is 13.5. The molecule has 3 aliphatic heterocycles. The van der Waals surface area contributed by atoms with E-state index in [1.54, 1.807) is 12.1 Å². The summed E-state index contributed by atoms with van der Waals surface area (Å²) in [4.78, 5) is 36.7. The average molecular weight is 744 g/mol. The van der Waals surface area contributed by atoms with Crippen LogP contribution < -0.4 is 9.64 Å². The highest BCUT2D eigenvalue weighted by molar-refractivity contribution is 6.36. The van der Waals surface area contributed by atoms with E-state index in [9.17, 15) is 18.8 Å². The van der Waals surface area contributed by atoms with Crippen LogP contribution in [0.3, 0.4) is 0 Å². The second-order valence-corrected chi connectivity index (χ2v) is 13.9.